The summed E-state index contributed by atoms with van der Waals surface area (Å²) in [6.07, 6.45) is 3.58. The number of para-hydroxylation sites is 1. The van der Waals surface area contributed by atoms with Gasteiger partial charge < -0.3 is 14.6 Å². The maximum Gasteiger partial charge on any atom is 0.266 e. The molecule has 0 atom stereocenters. The second-order valence-electron chi connectivity index (χ2n) is 7.21. The number of benzene rings is 3. The zero-order valence-electron chi connectivity index (χ0n) is 17.4. The summed E-state index contributed by atoms with van der Waals surface area (Å²) in [5.74, 6) is 0.144. The Bertz CT molecular complexity index is 1350. The molecule has 0 aliphatic heterocycles. The van der Waals surface area contributed by atoms with E-state index >= 15 is 0 Å². The van der Waals surface area contributed by atoms with Crippen LogP contribution in [0.25, 0.3) is 17.0 Å². The lowest BCUT2D eigenvalue weighted by molar-refractivity contribution is -0.112. The van der Waals surface area contributed by atoms with Crippen molar-refractivity contribution in [2.45, 2.75) is 6.54 Å². The molecule has 158 valence electrons. The summed E-state index contributed by atoms with van der Waals surface area (Å²) in [7, 11) is 1.56. The Hall–Kier alpha value is -4.01. The van der Waals surface area contributed by atoms with Gasteiger partial charge in [0.1, 0.15) is 17.4 Å². The molecular formula is C26H20ClN3O2. The second-order valence-corrected chi connectivity index (χ2v) is 7.65. The topological polar surface area (TPSA) is 67.0 Å². The van der Waals surface area contributed by atoms with Gasteiger partial charge in [0.05, 0.1) is 7.11 Å². The third kappa shape index (κ3) is 4.66. The number of hydrogen-bond acceptors (Lipinski definition) is 3. The van der Waals surface area contributed by atoms with Gasteiger partial charge in [-0.3, -0.25) is 4.79 Å². The van der Waals surface area contributed by atoms with Crippen LogP contribution in [0.3, 0.4) is 0 Å². The molecule has 5 nitrogen and oxygen atoms in total. The molecule has 4 rings (SSSR count). The average Bonchev–Trinajstić information content (AvgIpc) is 3.16. The fraction of sp³-hybridized carbons (Fsp3) is 0.0769. The number of halogens is 1. The number of fused-ring (bicyclic) bond motifs is 1. The molecule has 0 radical (unpaired) electrons. The molecule has 1 aromatic heterocycles. The van der Waals surface area contributed by atoms with E-state index < -0.39 is 5.91 Å². The molecule has 4 aromatic rings. The summed E-state index contributed by atoms with van der Waals surface area (Å²) in [5.41, 5.74) is 3.48. The Morgan fingerprint density at radius 3 is 2.66 bits per heavy atom. The quantitative estimate of drug-likeness (QED) is 0.299. The van der Waals surface area contributed by atoms with Gasteiger partial charge in [-0.1, -0.05) is 48.0 Å². The van der Waals surface area contributed by atoms with Crippen LogP contribution in [0.15, 0.2) is 84.6 Å². The van der Waals surface area contributed by atoms with Crippen LogP contribution in [-0.4, -0.2) is 17.6 Å². The van der Waals surface area contributed by atoms with Gasteiger partial charge in [-0.25, -0.2) is 0 Å². The SMILES string of the molecule is COc1cccc(NC(=O)/C(C#N)=C\c2cn(Cc3ccc(Cl)cc3)c3ccccc23)c1. The number of ether oxygens (including phenoxy) is 1. The first-order chi connectivity index (χ1) is 15.6. The highest BCUT2D eigenvalue weighted by Gasteiger charge is 2.13. The minimum atomic E-state index is -0.477. The van der Waals surface area contributed by atoms with E-state index in [0.29, 0.717) is 23.0 Å². The number of amides is 1. The van der Waals surface area contributed by atoms with Gasteiger partial charge in [-0.05, 0) is 42.0 Å². The fourth-order valence-electron chi connectivity index (χ4n) is 3.51. The van der Waals surface area contributed by atoms with E-state index in [9.17, 15) is 10.1 Å². The highest BCUT2D eigenvalue weighted by atomic mass is 35.5. The third-order valence-electron chi connectivity index (χ3n) is 5.08. The number of hydrogen-bond donors (Lipinski definition) is 1. The van der Waals surface area contributed by atoms with Crippen LogP contribution in [0, 0.1) is 11.3 Å². The van der Waals surface area contributed by atoms with Gasteiger partial charge in [0.25, 0.3) is 5.91 Å². The van der Waals surface area contributed by atoms with E-state index in [1.165, 1.54) is 0 Å². The molecule has 6 heteroatoms. The Kier molecular flexibility index (Phi) is 6.25. The van der Waals surface area contributed by atoms with Gasteiger partial charge in [0, 0.05) is 46.0 Å². The number of nitrogens with zero attached hydrogens (tertiary/aromatic N) is 2. The summed E-state index contributed by atoms with van der Waals surface area (Å²) >= 11 is 6.00. The fourth-order valence-corrected chi connectivity index (χ4v) is 3.64. The summed E-state index contributed by atoms with van der Waals surface area (Å²) in [4.78, 5) is 12.8. The summed E-state index contributed by atoms with van der Waals surface area (Å²) in [6, 6.07) is 24.6. The van der Waals surface area contributed by atoms with Gasteiger partial charge >= 0.3 is 0 Å². The van der Waals surface area contributed by atoms with Crippen molar-refractivity contribution in [2.24, 2.45) is 0 Å². The van der Waals surface area contributed by atoms with E-state index in [4.69, 9.17) is 16.3 Å². The predicted molar refractivity (Wildman–Crippen MR) is 128 cm³/mol. The van der Waals surface area contributed by atoms with Crippen LogP contribution < -0.4 is 10.1 Å². The molecule has 0 bridgehead atoms. The van der Waals surface area contributed by atoms with Crippen molar-refractivity contribution in [3.63, 3.8) is 0 Å². The summed E-state index contributed by atoms with van der Waals surface area (Å²) in [5, 5.41) is 14.1. The first-order valence-corrected chi connectivity index (χ1v) is 10.3. The minimum absolute atomic E-state index is 0.0159. The second kappa shape index (κ2) is 9.42. The lowest BCUT2D eigenvalue weighted by Crippen LogP contribution is -2.13. The summed E-state index contributed by atoms with van der Waals surface area (Å²) in [6.45, 7) is 0.642. The highest BCUT2D eigenvalue weighted by molar-refractivity contribution is 6.30. The lowest BCUT2D eigenvalue weighted by Gasteiger charge is -2.06. The van der Waals surface area contributed by atoms with Crippen molar-refractivity contribution in [2.75, 3.05) is 12.4 Å². The Morgan fingerprint density at radius 1 is 1.12 bits per heavy atom. The van der Waals surface area contributed by atoms with Gasteiger partial charge in [-0.2, -0.15) is 5.26 Å². The number of carbonyl (C=O) groups is 1. The van der Waals surface area contributed by atoms with Crippen LogP contribution in [0.4, 0.5) is 5.69 Å². The zero-order valence-corrected chi connectivity index (χ0v) is 18.1. The van der Waals surface area contributed by atoms with Gasteiger partial charge in [-0.15, -0.1) is 0 Å². The minimum Gasteiger partial charge on any atom is -0.497 e. The standard InChI is InChI=1S/C26H20ClN3O2/c1-32-23-6-4-5-22(14-23)29-26(31)19(15-28)13-20-17-30(25-8-3-2-7-24(20)25)16-18-9-11-21(27)12-10-18/h2-14,17H,16H2,1H3,(H,29,31)/b19-13-. The molecule has 1 N–H and O–H groups in total. The number of methoxy groups -OCH3 is 1. The van der Waals surface area contributed by atoms with Crippen molar-refractivity contribution in [1.29, 1.82) is 5.26 Å². The van der Waals surface area contributed by atoms with Crippen LogP contribution >= 0.6 is 11.6 Å². The molecule has 0 aliphatic carbocycles. The maximum atomic E-state index is 12.8. The van der Waals surface area contributed by atoms with Crippen LogP contribution in [0.1, 0.15) is 11.1 Å². The highest BCUT2D eigenvalue weighted by Crippen LogP contribution is 2.25. The number of anilines is 1. The van der Waals surface area contributed by atoms with Gasteiger partial charge in [0.15, 0.2) is 0 Å². The Balaban J connectivity index is 1.66. The summed E-state index contributed by atoms with van der Waals surface area (Å²) < 4.78 is 7.28. The largest absolute Gasteiger partial charge is 0.497 e. The number of aromatic nitrogens is 1. The number of rotatable bonds is 6. The Morgan fingerprint density at radius 2 is 1.91 bits per heavy atom. The molecule has 0 saturated carbocycles. The average molecular weight is 442 g/mol. The van der Waals surface area contributed by atoms with Crippen molar-refractivity contribution in [1.82, 2.24) is 4.57 Å². The maximum absolute atomic E-state index is 12.8. The molecule has 0 spiro atoms. The van der Waals surface area contributed by atoms with Crippen molar-refractivity contribution < 1.29 is 9.53 Å². The molecule has 0 aliphatic rings. The third-order valence-corrected chi connectivity index (χ3v) is 5.33. The molecule has 1 amide bonds. The van der Waals surface area contributed by atoms with E-state index in [0.717, 1.165) is 22.0 Å². The molecular weight excluding hydrogens is 422 g/mol. The van der Waals surface area contributed by atoms with Gasteiger partial charge in [0.2, 0.25) is 0 Å². The normalized spacial score (nSPS) is 11.2. The van der Waals surface area contributed by atoms with E-state index in [1.54, 1.807) is 37.5 Å². The predicted octanol–water partition coefficient (Wildman–Crippen LogP) is 5.90. The molecule has 1 heterocycles. The number of carbonyl (C=O) groups excluding carboxylic acids is 1. The van der Waals surface area contributed by atoms with Crippen LogP contribution in [0.5, 0.6) is 5.75 Å². The van der Waals surface area contributed by atoms with E-state index in [-0.39, 0.29) is 5.57 Å². The number of nitrogens with one attached hydrogen (secondary N) is 1. The molecule has 0 saturated heterocycles. The van der Waals surface area contributed by atoms with Crippen LogP contribution in [-0.2, 0) is 11.3 Å². The van der Waals surface area contributed by atoms with Crippen LogP contribution in [0.2, 0.25) is 5.02 Å². The van der Waals surface area contributed by atoms with Crippen molar-refractivity contribution in [3.8, 4) is 11.8 Å². The molecule has 0 fully saturated rings. The first kappa shape index (κ1) is 21.2. The Labute approximate surface area is 191 Å². The van der Waals surface area contributed by atoms with E-state index in [2.05, 4.69) is 9.88 Å². The molecule has 0 unspecified atom stereocenters. The monoisotopic (exact) mass is 441 g/mol. The molecule has 3 aromatic carbocycles. The van der Waals surface area contributed by atoms with Crippen molar-refractivity contribution >= 4 is 40.2 Å². The van der Waals surface area contributed by atoms with Crippen molar-refractivity contribution in [3.05, 3.63) is 101 Å². The smallest absolute Gasteiger partial charge is 0.266 e. The first-order valence-electron chi connectivity index (χ1n) is 9.97. The number of nitriles is 1. The zero-order chi connectivity index (χ0) is 22.5. The molecule has 32 heavy (non-hydrogen) atoms. The lowest BCUT2D eigenvalue weighted by atomic mass is 10.1. The van der Waals surface area contributed by atoms with E-state index in [1.807, 2.05) is 60.8 Å².